The molecule has 0 fully saturated rings. The van der Waals surface area contributed by atoms with Crippen molar-refractivity contribution in [3.8, 4) is 0 Å². The zero-order chi connectivity index (χ0) is 10.8. The van der Waals surface area contributed by atoms with Crippen LogP contribution in [0.25, 0.3) is 10.9 Å². The minimum Gasteiger partial charge on any atom is -0.330 e. The summed E-state index contributed by atoms with van der Waals surface area (Å²) < 4.78 is 0. The molecule has 0 aliphatic rings. The van der Waals surface area contributed by atoms with E-state index in [1.54, 1.807) is 6.20 Å². The first kappa shape index (κ1) is 13.2. The molecule has 2 N–H and O–H groups in total. The number of halogens is 2. The molecule has 0 bridgehead atoms. The zero-order valence-corrected chi connectivity index (χ0v) is 10.6. The Morgan fingerprint density at radius 3 is 2.88 bits per heavy atom. The lowest BCUT2D eigenvalue weighted by Crippen LogP contribution is -2.04. The van der Waals surface area contributed by atoms with Gasteiger partial charge in [-0.1, -0.05) is 17.7 Å². The van der Waals surface area contributed by atoms with Crippen LogP contribution in [0, 0.1) is 6.92 Å². The molecule has 0 aliphatic heterocycles. The van der Waals surface area contributed by atoms with Crippen molar-refractivity contribution >= 4 is 34.9 Å². The molecule has 2 rings (SSSR count). The average molecular weight is 257 g/mol. The maximum absolute atomic E-state index is 6.26. The van der Waals surface area contributed by atoms with Crippen molar-refractivity contribution in [3.63, 3.8) is 0 Å². The van der Waals surface area contributed by atoms with Crippen LogP contribution < -0.4 is 5.73 Å². The number of hydrogen-bond donors (Lipinski definition) is 1. The third-order valence-corrected chi connectivity index (χ3v) is 3.07. The predicted octanol–water partition coefficient (Wildman–Crippen LogP) is 3.12. The molecule has 1 aromatic carbocycles. The fourth-order valence-corrected chi connectivity index (χ4v) is 2.02. The van der Waals surface area contributed by atoms with Crippen LogP contribution in [0.3, 0.4) is 0 Å². The molecule has 2 aromatic rings. The van der Waals surface area contributed by atoms with Gasteiger partial charge in [-0.15, -0.1) is 12.4 Å². The fraction of sp³-hybridized carbons (Fsp3) is 0.250. The SMILES string of the molecule is Cc1c(Cl)c(CCN)cc2cccnc12.Cl. The van der Waals surface area contributed by atoms with E-state index in [0.717, 1.165) is 33.5 Å². The molecule has 0 unspecified atom stereocenters. The molecule has 0 saturated heterocycles. The number of aryl methyl sites for hydroxylation is 1. The van der Waals surface area contributed by atoms with Crippen LogP contribution in [-0.2, 0) is 6.42 Å². The first-order chi connectivity index (χ1) is 7.24. The van der Waals surface area contributed by atoms with Crippen molar-refractivity contribution in [2.24, 2.45) is 5.73 Å². The lowest BCUT2D eigenvalue weighted by atomic mass is 10.0. The van der Waals surface area contributed by atoms with Crippen LogP contribution in [0.2, 0.25) is 5.02 Å². The van der Waals surface area contributed by atoms with Crippen molar-refractivity contribution in [1.82, 2.24) is 4.98 Å². The summed E-state index contributed by atoms with van der Waals surface area (Å²) >= 11 is 6.26. The Labute approximate surface area is 106 Å². The maximum atomic E-state index is 6.26. The monoisotopic (exact) mass is 256 g/mol. The molecule has 4 heteroatoms. The Morgan fingerprint density at radius 1 is 1.44 bits per heavy atom. The highest BCUT2D eigenvalue weighted by molar-refractivity contribution is 6.33. The van der Waals surface area contributed by atoms with E-state index in [1.807, 2.05) is 19.1 Å². The van der Waals surface area contributed by atoms with Crippen LogP contribution in [0.4, 0.5) is 0 Å². The molecule has 0 saturated carbocycles. The van der Waals surface area contributed by atoms with Crippen molar-refractivity contribution in [2.75, 3.05) is 6.54 Å². The van der Waals surface area contributed by atoms with Gasteiger partial charge in [0.1, 0.15) is 0 Å². The molecular weight excluding hydrogens is 243 g/mol. The minimum absolute atomic E-state index is 0. The summed E-state index contributed by atoms with van der Waals surface area (Å²) in [6.07, 6.45) is 2.60. The maximum Gasteiger partial charge on any atom is 0.0746 e. The molecule has 0 radical (unpaired) electrons. The van der Waals surface area contributed by atoms with Crippen LogP contribution in [0.15, 0.2) is 24.4 Å². The van der Waals surface area contributed by atoms with E-state index in [-0.39, 0.29) is 12.4 Å². The summed E-state index contributed by atoms with van der Waals surface area (Å²) in [7, 11) is 0. The molecule has 0 atom stereocenters. The zero-order valence-electron chi connectivity index (χ0n) is 9.03. The van der Waals surface area contributed by atoms with Crippen LogP contribution >= 0.6 is 24.0 Å². The topological polar surface area (TPSA) is 38.9 Å². The van der Waals surface area contributed by atoms with E-state index in [4.69, 9.17) is 17.3 Å². The van der Waals surface area contributed by atoms with Crippen molar-refractivity contribution in [3.05, 3.63) is 40.5 Å². The van der Waals surface area contributed by atoms with E-state index >= 15 is 0 Å². The first-order valence-electron chi connectivity index (χ1n) is 4.97. The van der Waals surface area contributed by atoms with Crippen molar-refractivity contribution in [2.45, 2.75) is 13.3 Å². The van der Waals surface area contributed by atoms with E-state index < -0.39 is 0 Å². The number of pyridine rings is 1. The number of aromatic nitrogens is 1. The van der Waals surface area contributed by atoms with Gasteiger partial charge in [0, 0.05) is 16.6 Å². The Morgan fingerprint density at radius 2 is 2.19 bits per heavy atom. The van der Waals surface area contributed by atoms with Crippen LogP contribution in [0.1, 0.15) is 11.1 Å². The molecular formula is C12H14Cl2N2. The summed E-state index contributed by atoms with van der Waals surface area (Å²) in [5.41, 5.74) is 8.67. The Hall–Kier alpha value is -0.830. The number of fused-ring (bicyclic) bond motifs is 1. The average Bonchev–Trinajstić information content (AvgIpc) is 2.26. The van der Waals surface area contributed by atoms with Gasteiger partial charge in [-0.25, -0.2) is 0 Å². The summed E-state index contributed by atoms with van der Waals surface area (Å²) in [6, 6.07) is 6.05. The molecule has 86 valence electrons. The van der Waals surface area contributed by atoms with E-state index in [1.165, 1.54) is 0 Å². The van der Waals surface area contributed by atoms with Gasteiger partial charge < -0.3 is 5.73 Å². The first-order valence-corrected chi connectivity index (χ1v) is 5.34. The van der Waals surface area contributed by atoms with Crippen LogP contribution in [0.5, 0.6) is 0 Å². The molecule has 16 heavy (non-hydrogen) atoms. The normalized spacial score (nSPS) is 10.2. The number of rotatable bonds is 2. The number of nitrogens with zero attached hydrogens (tertiary/aromatic N) is 1. The number of benzene rings is 1. The van der Waals surface area contributed by atoms with Gasteiger partial charge in [-0.3, -0.25) is 4.98 Å². The largest absolute Gasteiger partial charge is 0.330 e. The second kappa shape index (κ2) is 5.48. The molecule has 0 spiro atoms. The number of nitrogens with two attached hydrogens (primary N) is 1. The van der Waals surface area contributed by atoms with Gasteiger partial charge in [-0.2, -0.15) is 0 Å². The highest BCUT2D eigenvalue weighted by atomic mass is 35.5. The van der Waals surface area contributed by atoms with Gasteiger partial charge in [0.2, 0.25) is 0 Å². The summed E-state index contributed by atoms with van der Waals surface area (Å²) in [5.74, 6) is 0. The van der Waals surface area contributed by atoms with Crippen molar-refractivity contribution < 1.29 is 0 Å². The summed E-state index contributed by atoms with van der Waals surface area (Å²) in [6.45, 7) is 2.61. The highest BCUT2D eigenvalue weighted by Crippen LogP contribution is 2.28. The van der Waals surface area contributed by atoms with Gasteiger partial charge in [0.05, 0.1) is 5.52 Å². The predicted molar refractivity (Wildman–Crippen MR) is 71.5 cm³/mol. The smallest absolute Gasteiger partial charge is 0.0746 e. The lowest BCUT2D eigenvalue weighted by molar-refractivity contribution is 0.969. The van der Waals surface area contributed by atoms with Gasteiger partial charge >= 0.3 is 0 Å². The van der Waals surface area contributed by atoms with E-state index in [2.05, 4.69) is 11.1 Å². The Kier molecular flexibility index (Phi) is 4.54. The van der Waals surface area contributed by atoms with E-state index in [9.17, 15) is 0 Å². The standard InChI is InChI=1S/C12H13ClN2.ClH/c1-8-11(13)9(4-5-14)7-10-3-2-6-15-12(8)10;/h2-3,6-7H,4-5,14H2,1H3;1H. The molecule has 0 amide bonds. The van der Waals surface area contributed by atoms with E-state index in [0.29, 0.717) is 6.54 Å². The minimum atomic E-state index is 0. The Bertz CT molecular complexity index is 498. The summed E-state index contributed by atoms with van der Waals surface area (Å²) in [5, 5.41) is 1.93. The second-order valence-corrected chi connectivity index (χ2v) is 3.97. The van der Waals surface area contributed by atoms with Crippen molar-refractivity contribution in [1.29, 1.82) is 0 Å². The van der Waals surface area contributed by atoms with Crippen LogP contribution in [-0.4, -0.2) is 11.5 Å². The highest BCUT2D eigenvalue weighted by Gasteiger charge is 2.08. The molecule has 0 aliphatic carbocycles. The lowest BCUT2D eigenvalue weighted by Gasteiger charge is -2.09. The Balaban J connectivity index is 0.00000128. The fourth-order valence-electron chi connectivity index (χ4n) is 1.78. The second-order valence-electron chi connectivity index (χ2n) is 3.59. The van der Waals surface area contributed by atoms with Gasteiger partial charge in [0.15, 0.2) is 0 Å². The third kappa shape index (κ3) is 2.29. The number of hydrogen-bond acceptors (Lipinski definition) is 2. The molecule has 1 heterocycles. The summed E-state index contributed by atoms with van der Waals surface area (Å²) in [4.78, 5) is 4.33. The third-order valence-electron chi connectivity index (χ3n) is 2.55. The molecule has 1 aromatic heterocycles. The quantitative estimate of drug-likeness (QED) is 0.897. The van der Waals surface area contributed by atoms with Gasteiger partial charge in [0.25, 0.3) is 0 Å². The molecule has 2 nitrogen and oxygen atoms in total. The van der Waals surface area contributed by atoms with Gasteiger partial charge in [-0.05, 0) is 43.1 Å².